The molecule has 0 bridgehead atoms. The van der Waals surface area contributed by atoms with Gasteiger partial charge in [-0.05, 0) is 0 Å². The molecule has 11 heavy (non-hydrogen) atoms. The summed E-state index contributed by atoms with van der Waals surface area (Å²) in [5.41, 5.74) is 1.43. The summed E-state index contributed by atoms with van der Waals surface area (Å²) in [5, 5.41) is 0. The molecule has 0 unspecified atom stereocenters. The number of benzene rings is 1. The number of hydrogen-bond acceptors (Lipinski definition) is 0. The monoisotopic (exact) mass is 252 g/mol. The van der Waals surface area contributed by atoms with Crippen LogP contribution in [0, 0.1) is 0 Å². The molecule has 58 valence electrons. The van der Waals surface area contributed by atoms with E-state index < -0.39 is 0 Å². The van der Waals surface area contributed by atoms with Crippen LogP contribution in [-0.4, -0.2) is 15.0 Å². The summed E-state index contributed by atoms with van der Waals surface area (Å²) in [4.78, 5) is 0. The van der Waals surface area contributed by atoms with Gasteiger partial charge < -0.3 is 0 Å². The first kappa shape index (κ1) is 9.15. The van der Waals surface area contributed by atoms with Gasteiger partial charge in [-0.15, -0.1) is 0 Å². The molecule has 0 radical (unpaired) electrons. The van der Waals surface area contributed by atoms with Crippen molar-refractivity contribution in [1.82, 2.24) is 0 Å². The van der Waals surface area contributed by atoms with E-state index in [2.05, 4.69) is 0 Å². The van der Waals surface area contributed by atoms with Crippen molar-refractivity contribution in [1.29, 1.82) is 0 Å². The van der Waals surface area contributed by atoms with Crippen LogP contribution in [0.5, 0.6) is 0 Å². The van der Waals surface area contributed by atoms with E-state index in [1.165, 1.54) is 10.00 Å². The van der Waals surface area contributed by atoms with Crippen LogP contribution >= 0.6 is 23.2 Å². The van der Waals surface area contributed by atoms with Gasteiger partial charge in [-0.2, -0.15) is 0 Å². The molecule has 0 aliphatic rings. The van der Waals surface area contributed by atoms with Crippen molar-refractivity contribution in [2.24, 2.45) is 0 Å². The molecule has 1 rings (SSSR count). The van der Waals surface area contributed by atoms with Crippen LogP contribution < -0.4 is 4.46 Å². The zero-order valence-electron chi connectivity index (χ0n) is 5.63. The molecule has 0 heterocycles. The molecule has 0 saturated carbocycles. The van der Waals surface area contributed by atoms with E-state index in [0.29, 0.717) is 0 Å². The number of hydrogen-bond donors (Lipinski definition) is 0. The average Bonchev–Trinajstić information content (AvgIpc) is 2.06. The van der Waals surface area contributed by atoms with E-state index >= 15 is 0 Å². The molecule has 0 saturated heterocycles. The third kappa shape index (κ3) is 3.31. The van der Waals surface area contributed by atoms with Crippen molar-refractivity contribution >= 4 is 42.6 Å². The quantitative estimate of drug-likeness (QED) is 0.708. The van der Waals surface area contributed by atoms with Crippen molar-refractivity contribution in [2.75, 3.05) is 0 Å². The SMILES string of the molecule is ClC=C(Cl)[Se]c1ccccc1. The van der Waals surface area contributed by atoms with E-state index in [1.54, 1.807) is 0 Å². The summed E-state index contributed by atoms with van der Waals surface area (Å²) in [7, 11) is 0. The van der Waals surface area contributed by atoms with E-state index in [9.17, 15) is 0 Å². The van der Waals surface area contributed by atoms with Crippen LogP contribution in [0.4, 0.5) is 0 Å². The van der Waals surface area contributed by atoms with Crippen LogP contribution in [-0.2, 0) is 0 Å². The normalized spacial score (nSPS) is 11.6. The second-order valence-electron chi connectivity index (χ2n) is 1.83. The Morgan fingerprint density at radius 1 is 1.27 bits per heavy atom. The van der Waals surface area contributed by atoms with Gasteiger partial charge in [-0.1, -0.05) is 0 Å². The Morgan fingerprint density at radius 3 is 2.45 bits per heavy atom. The molecule has 0 nitrogen and oxygen atoms in total. The molecule has 0 aliphatic carbocycles. The topological polar surface area (TPSA) is 0 Å². The number of rotatable bonds is 2. The molecule has 1 aromatic rings. The molecule has 0 aromatic heterocycles. The maximum absolute atomic E-state index is 5.76. The van der Waals surface area contributed by atoms with Crippen molar-refractivity contribution in [3.05, 3.63) is 39.8 Å². The van der Waals surface area contributed by atoms with Crippen LogP contribution in [0.15, 0.2) is 39.8 Å². The minimum atomic E-state index is 0.171. The maximum atomic E-state index is 5.76. The van der Waals surface area contributed by atoms with Crippen molar-refractivity contribution < 1.29 is 0 Å². The van der Waals surface area contributed by atoms with Gasteiger partial charge in [0.15, 0.2) is 0 Å². The minimum absolute atomic E-state index is 0.171. The average molecular weight is 252 g/mol. The predicted molar refractivity (Wildman–Crippen MR) is 51.6 cm³/mol. The van der Waals surface area contributed by atoms with Crippen LogP contribution in [0.25, 0.3) is 0 Å². The van der Waals surface area contributed by atoms with Gasteiger partial charge in [-0.25, -0.2) is 0 Å². The first-order valence-electron chi connectivity index (χ1n) is 3.01. The first-order chi connectivity index (χ1) is 5.33. The predicted octanol–water partition coefficient (Wildman–Crippen LogP) is 2.29. The van der Waals surface area contributed by atoms with E-state index in [0.717, 1.165) is 3.93 Å². The fraction of sp³-hybridized carbons (Fsp3) is 0. The van der Waals surface area contributed by atoms with Gasteiger partial charge in [0.1, 0.15) is 0 Å². The molecule has 3 heteroatoms. The molecule has 0 spiro atoms. The van der Waals surface area contributed by atoms with Crippen molar-refractivity contribution in [3.8, 4) is 0 Å². The van der Waals surface area contributed by atoms with Crippen LogP contribution in [0.3, 0.4) is 0 Å². The summed E-state index contributed by atoms with van der Waals surface area (Å²) in [6.07, 6.45) is 0. The fourth-order valence-corrected chi connectivity index (χ4v) is 2.50. The summed E-state index contributed by atoms with van der Waals surface area (Å²) < 4.78 is 1.97. The molecule has 1 aromatic carbocycles. The zero-order chi connectivity index (χ0) is 8.10. The van der Waals surface area contributed by atoms with Gasteiger partial charge in [-0.3, -0.25) is 0 Å². The van der Waals surface area contributed by atoms with E-state index in [1.807, 2.05) is 30.3 Å². The van der Waals surface area contributed by atoms with Crippen LogP contribution in [0.2, 0.25) is 0 Å². The second kappa shape index (κ2) is 4.84. The Balaban J connectivity index is 2.65. The Morgan fingerprint density at radius 2 is 1.91 bits per heavy atom. The fourth-order valence-electron chi connectivity index (χ4n) is 0.623. The summed E-state index contributed by atoms with van der Waals surface area (Å²) in [6, 6.07) is 10.1. The third-order valence-corrected chi connectivity index (χ3v) is 3.90. The Bertz CT molecular complexity index is 244. The van der Waals surface area contributed by atoms with E-state index in [-0.39, 0.29) is 15.0 Å². The molecule has 0 atom stereocenters. The molecule has 0 fully saturated rings. The van der Waals surface area contributed by atoms with Crippen molar-refractivity contribution in [3.63, 3.8) is 0 Å². The summed E-state index contributed by atoms with van der Waals surface area (Å²) in [6.45, 7) is 0. The Kier molecular flexibility index (Phi) is 4.03. The number of halogens is 2. The molecule has 0 amide bonds. The molecular formula is C8H6Cl2Se. The standard InChI is InChI=1S/C8H6Cl2Se/c9-6-8(10)11-7-4-2-1-3-5-7/h1-6H. The van der Waals surface area contributed by atoms with E-state index in [4.69, 9.17) is 23.2 Å². The zero-order valence-corrected chi connectivity index (χ0v) is 8.85. The Labute approximate surface area is 82.4 Å². The van der Waals surface area contributed by atoms with Crippen molar-refractivity contribution in [2.45, 2.75) is 0 Å². The molecule has 0 aliphatic heterocycles. The second-order valence-corrected chi connectivity index (χ2v) is 5.30. The molecular weight excluding hydrogens is 246 g/mol. The third-order valence-electron chi connectivity index (χ3n) is 1.04. The summed E-state index contributed by atoms with van der Waals surface area (Å²) >= 11 is 11.4. The van der Waals surface area contributed by atoms with Gasteiger partial charge in [0.25, 0.3) is 0 Å². The van der Waals surface area contributed by atoms with Gasteiger partial charge >= 0.3 is 82.4 Å². The van der Waals surface area contributed by atoms with Gasteiger partial charge in [0.2, 0.25) is 0 Å². The van der Waals surface area contributed by atoms with Gasteiger partial charge in [0.05, 0.1) is 0 Å². The first-order valence-corrected chi connectivity index (χ1v) is 5.54. The van der Waals surface area contributed by atoms with Gasteiger partial charge in [0, 0.05) is 0 Å². The summed E-state index contributed by atoms with van der Waals surface area (Å²) in [5.74, 6) is 0. The Hall–Kier alpha value is 0.0595. The van der Waals surface area contributed by atoms with Crippen LogP contribution in [0.1, 0.15) is 0 Å². The molecule has 0 N–H and O–H groups in total.